The summed E-state index contributed by atoms with van der Waals surface area (Å²) in [6.45, 7) is 14.2. The van der Waals surface area contributed by atoms with Gasteiger partial charge in [-0.25, -0.2) is 9.13 Å². The topological polar surface area (TPSA) is 237 Å². The van der Waals surface area contributed by atoms with Gasteiger partial charge in [0.15, 0.2) is 12.2 Å². The molecule has 0 saturated carbocycles. The number of aliphatic hydroxyl groups is 1. The number of phosphoric acid groups is 2. The zero-order valence-corrected chi connectivity index (χ0v) is 66.9. The summed E-state index contributed by atoms with van der Waals surface area (Å²) in [5.41, 5.74) is 0. The van der Waals surface area contributed by atoms with Crippen molar-refractivity contribution in [3.05, 3.63) is 0 Å². The van der Waals surface area contributed by atoms with Crippen molar-refractivity contribution in [1.82, 2.24) is 0 Å². The molecule has 0 amide bonds. The van der Waals surface area contributed by atoms with E-state index in [4.69, 9.17) is 37.0 Å². The minimum atomic E-state index is -4.96. The lowest BCUT2D eigenvalue weighted by atomic mass is 9.99. The molecule has 0 aromatic heterocycles. The first kappa shape index (κ1) is 97.1. The Balaban J connectivity index is 5.21. The predicted molar refractivity (Wildman–Crippen MR) is 404 cm³/mol. The van der Waals surface area contributed by atoms with E-state index in [1.54, 1.807) is 0 Å². The molecule has 6 atom stereocenters. The summed E-state index contributed by atoms with van der Waals surface area (Å²) in [5, 5.41) is 10.6. The van der Waals surface area contributed by atoms with Crippen molar-refractivity contribution < 1.29 is 80.2 Å². The molecule has 0 aliphatic heterocycles. The van der Waals surface area contributed by atoms with Gasteiger partial charge in [0.2, 0.25) is 0 Å². The summed E-state index contributed by atoms with van der Waals surface area (Å²) in [4.78, 5) is 72.9. The van der Waals surface area contributed by atoms with E-state index < -0.39 is 97.5 Å². The fourth-order valence-electron chi connectivity index (χ4n) is 12.2. The van der Waals surface area contributed by atoms with Crippen LogP contribution in [0.3, 0.4) is 0 Å². The minimum absolute atomic E-state index is 0.104. The highest BCUT2D eigenvalue weighted by molar-refractivity contribution is 7.47. The van der Waals surface area contributed by atoms with E-state index in [9.17, 15) is 43.2 Å². The smallest absolute Gasteiger partial charge is 0.462 e. The summed E-state index contributed by atoms with van der Waals surface area (Å²) in [5.74, 6) is 0.979. The number of phosphoric ester groups is 2. The summed E-state index contributed by atoms with van der Waals surface area (Å²) in [6, 6.07) is 0. The molecule has 0 spiro atoms. The number of esters is 4. The lowest BCUT2D eigenvalue weighted by Crippen LogP contribution is -2.30. The maximum Gasteiger partial charge on any atom is 0.472 e. The molecule has 0 aliphatic rings. The Bertz CT molecular complexity index is 1940. The monoisotopic (exact) mass is 1450 g/mol. The minimum Gasteiger partial charge on any atom is -0.462 e. The second-order valence-electron chi connectivity index (χ2n) is 30.5. The lowest BCUT2D eigenvalue weighted by Gasteiger charge is -2.21. The van der Waals surface area contributed by atoms with Crippen LogP contribution >= 0.6 is 15.6 Å². The lowest BCUT2D eigenvalue weighted by molar-refractivity contribution is -0.161. The molecule has 0 fully saturated rings. The average Bonchev–Trinajstić information content (AvgIpc) is 1.08. The van der Waals surface area contributed by atoms with Gasteiger partial charge in [-0.2, -0.15) is 0 Å². The number of carbonyl (C=O) groups is 4. The molecule has 0 aromatic rings. The van der Waals surface area contributed by atoms with Crippen LogP contribution in [0.5, 0.6) is 0 Å². The van der Waals surface area contributed by atoms with Gasteiger partial charge in [0.05, 0.1) is 26.4 Å². The molecule has 0 heterocycles. The van der Waals surface area contributed by atoms with Gasteiger partial charge < -0.3 is 33.8 Å². The van der Waals surface area contributed by atoms with Crippen molar-refractivity contribution >= 4 is 39.5 Å². The predicted octanol–water partition coefficient (Wildman–Crippen LogP) is 23.6. The number of aliphatic hydroxyl groups excluding tert-OH is 1. The number of unbranched alkanes of at least 4 members (excludes halogenated alkanes) is 42. The first-order valence-electron chi connectivity index (χ1n) is 41.2. The normalized spacial score (nSPS) is 14.3. The Labute approximate surface area is 607 Å². The van der Waals surface area contributed by atoms with Crippen LogP contribution in [0.15, 0.2) is 0 Å². The molecule has 588 valence electrons. The molecule has 4 unspecified atom stereocenters. The van der Waals surface area contributed by atoms with Gasteiger partial charge in [-0.1, -0.05) is 357 Å². The van der Waals surface area contributed by atoms with Gasteiger partial charge in [0.25, 0.3) is 0 Å². The number of ether oxygens (including phenoxy) is 4. The van der Waals surface area contributed by atoms with Crippen LogP contribution < -0.4 is 0 Å². The van der Waals surface area contributed by atoms with E-state index in [1.165, 1.54) is 212 Å². The van der Waals surface area contributed by atoms with Gasteiger partial charge in [-0.15, -0.1) is 0 Å². The maximum absolute atomic E-state index is 13.1. The van der Waals surface area contributed by atoms with Crippen LogP contribution in [0.25, 0.3) is 0 Å². The Hall–Kier alpha value is -1.94. The van der Waals surface area contributed by atoms with Gasteiger partial charge >= 0.3 is 39.5 Å². The third-order valence-electron chi connectivity index (χ3n) is 18.9. The molecule has 0 bridgehead atoms. The molecule has 99 heavy (non-hydrogen) atoms. The Kier molecular flexibility index (Phi) is 67.8. The molecule has 3 N–H and O–H groups in total. The van der Waals surface area contributed by atoms with Crippen LogP contribution in [0.1, 0.15) is 409 Å². The van der Waals surface area contributed by atoms with E-state index in [0.717, 1.165) is 114 Å². The number of rotatable bonds is 77. The second kappa shape index (κ2) is 69.1. The van der Waals surface area contributed by atoms with Crippen molar-refractivity contribution in [3.63, 3.8) is 0 Å². The zero-order chi connectivity index (χ0) is 73.1. The second-order valence-corrected chi connectivity index (χ2v) is 33.4. The third-order valence-corrected chi connectivity index (χ3v) is 20.8. The summed E-state index contributed by atoms with van der Waals surface area (Å²) in [7, 11) is -9.92. The molecular weight excluding hydrogens is 1290 g/mol. The van der Waals surface area contributed by atoms with Gasteiger partial charge in [0.1, 0.15) is 19.3 Å². The fraction of sp³-hybridized carbons (Fsp3) is 0.950. The molecule has 0 saturated heterocycles. The molecule has 19 heteroatoms. The van der Waals surface area contributed by atoms with Gasteiger partial charge in [-0.3, -0.25) is 37.3 Å². The standard InChI is InChI=1S/C80H156O17P2/c1-9-73(8)59-51-43-35-25-21-16-14-12-10-11-13-15-17-23-27-38-46-54-62-79(84)96-75(66-90-77(82)60-52-44-36-26-22-19-18-20-24-32-40-48-56-70(2)3)68-94-98(86,87)92-64-74(81)65-93-99(88,89)95-69-76(97-80(85)63-55-47-39-31-29-34-42-50-58-72(6)7)67-91-78(83)61-53-45-37-30-28-33-41-49-57-71(4)5/h70-76,81H,9-69H2,1-8H3,(H,86,87)(H,88,89)/t73?,74?,75-,76-/m1/s1. The van der Waals surface area contributed by atoms with Crippen molar-refractivity contribution in [2.45, 2.75) is 427 Å². The van der Waals surface area contributed by atoms with E-state index >= 15 is 0 Å². The van der Waals surface area contributed by atoms with Gasteiger partial charge in [-0.05, 0) is 49.4 Å². The van der Waals surface area contributed by atoms with Crippen molar-refractivity contribution in [2.75, 3.05) is 39.6 Å². The third kappa shape index (κ3) is 72.8. The molecule has 0 radical (unpaired) electrons. The number of carbonyl (C=O) groups excluding carboxylic acids is 4. The highest BCUT2D eigenvalue weighted by Gasteiger charge is 2.30. The number of hydrogen-bond acceptors (Lipinski definition) is 15. The van der Waals surface area contributed by atoms with E-state index in [-0.39, 0.29) is 25.7 Å². The SMILES string of the molecule is CCC(C)CCCCCCCCCCCCCCCCCCCCC(=O)O[C@H](COC(=O)CCCCCCCCCCCCCCC(C)C)COP(=O)(O)OCC(O)COP(=O)(O)OC[C@@H](COC(=O)CCCCCCCCCCC(C)C)OC(=O)CCCCCCCCCCC(C)C. The molecule has 0 aromatic carbocycles. The van der Waals surface area contributed by atoms with E-state index in [1.807, 2.05) is 0 Å². The van der Waals surface area contributed by atoms with Crippen LogP contribution in [-0.2, 0) is 65.4 Å². The summed E-state index contributed by atoms with van der Waals surface area (Å²) >= 11 is 0. The zero-order valence-electron chi connectivity index (χ0n) is 65.1. The van der Waals surface area contributed by atoms with Crippen molar-refractivity contribution in [2.24, 2.45) is 23.7 Å². The Morgan fingerprint density at radius 1 is 0.283 bits per heavy atom. The largest absolute Gasteiger partial charge is 0.472 e. The summed E-state index contributed by atoms with van der Waals surface area (Å²) in [6.07, 6.45) is 55.6. The van der Waals surface area contributed by atoms with Gasteiger partial charge in [0, 0.05) is 25.7 Å². The first-order valence-corrected chi connectivity index (χ1v) is 44.2. The highest BCUT2D eigenvalue weighted by atomic mass is 31.2. The maximum atomic E-state index is 13.1. The molecule has 17 nitrogen and oxygen atoms in total. The van der Waals surface area contributed by atoms with Crippen molar-refractivity contribution in [1.29, 1.82) is 0 Å². The van der Waals surface area contributed by atoms with Crippen molar-refractivity contribution in [3.8, 4) is 0 Å². The summed E-state index contributed by atoms with van der Waals surface area (Å²) < 4.78 is 68.6. The van der Waals surface area contributed by atoms with Crippen LogP contribution in [0, 0.1) is 23.7 Å². The van der Waals surface area contributed by atoms with E-state index in [0.29, 0.717) is 25.7 Å². The Morgan fingerprint density at radius 2 is 0.485 bits per heavy atom. The highest BCUT2D eigenvalue weighted by Crippen LogP contribution is 2.45. The van der Waals surface area contributed by atoms with E-state index in [2.05, 4.69) is 55.4 Å². The molecular formula is C80H156O17P2. The average molecular weight is 1450 g/mol. The van der Waals surface area contributed by atoms with Crippen LogP contribution in [0.2, 0.25) is 0 Å². The number of hydrogen-bond donors (Lipinski definition) is 3. The fourth-order valence-corrected chi connectivity index (χ4v) is 13.8. The molecule has 0 aliphatic carbocycles. The van der Waals surface area contributed by atoms with Crippen LogP contribution in [-0.4, -0.2) is 96.7 Å². The Morgan fingerprint density at radius 3 is 0.717 bits per heavy atom. The quantitative estimate of drug-likeness (QED) is 0.0222. The molecule has 0 rings (SSSR count). The first-order chi connectivity index (χ1) is 47.6. The van der Waals surface area contributed by atoms with Crippen LogP contribution in [0.4, 0.5) is 0 Å².